The molecule has 0 amide bonds. The van der Waals surface area contributed by atoms with E-state index in [-0.39, 0.29) is 45.2 Å². The molecular weight excluding hydrogens is 690 g/mol. The van der Waals surface area contributed by atoms with Crippen molar-refractivity contribution in [2.45, 2.75) is 40.8 Å². The molecule has 11 nitrogen and oxygen atoms in total. The fraction of sp³-hybridized carbons (Fsp3) is 0.146. The molecule has 0 saturated heterocycles. The van der Waals surface area contributed by atoms with Crippen LogP contribution in [-0.2, 0) is 13.1 Å². The Morgan fingerprint density at radius 1 is 0.660 bits per heavy atom. The van der Waals surface area contributed by atoms with Gasteiger partial charge in [-0.25, -0.2) is 9.36 Å². The minimum atomic E-state index is -0.384. The smallest absolute Gasteiger partial charge is 0.291 e. The second-order valence-electron chi connectivity index (χ2n) is 11.7. The fourth-order valence-electron chi connectivity index (χ4n) is 5.60. The molecule has 0 aliphatic rings. The maximum Gasteiger partial charge on any atom is 0.291 e. The van der Waals surface area contributed by atoms with Crippen LogP contribution in [0.3, 0.4) is 0 Å². The highest BCUT2D eigenvalue weighted by Gasteiger charge is 2.23. The topological polar surface area (TPSA) is 152 Å². The van der Waals surface area contributed by atoms with Crippen molar-refractivity contribution < 1.29 is 9.59 Å². The minimum absolute atomic E-state index is 0.160. The zero-order valence-electron chi connectivity index (χ0n) is 29.6. The molecule has 12 heteroatoms. The molecule has 2 N–H and O–H groups in total. The van der Waals surface area contributed by atoms with E-state index in [1.54, 1.807) is 48.5 Å². The van der Waals surface area contributed by atoms with Crippen LogP contribution in [0.15, 0.2) is 119 Å². The van der Waals surface area contributed by atoms with Crippen molar-refractivity contribution in [3.8, 4) is 28.6 Å². The molecule has 0 aliphatic heterocycles. The molecule has 0 aliphatic carbocycles. The van der Waals surface area contributed by atoms with Crippen LogP contribution in [0.5, 0.6) is 0 Å². The summed E-state index contributed by atoms with van der Waals surface area (Å²) in [5, 5.41) is 24.6. The van der Waals surface area contributed by atoms with Crippen LogP contribution in [0.25, 0.3) is 22.5 Å². The van der Waals surface area contributed by atoms with Crippen molar-refractivity contribution in [1.29, 1.82) is 5.26 Å². The molecule has 6 rings (SSSR count). The Balaban J connectivity index is 0.000000204. The highest BCUT2D eigenvalue weighted by atomic mass is 35.5. The number of carbonyl (C=O) groups is 2. The van der Waals surface area contributed by atoms with Crippen LogP contribution >= 0.6 is 11.6 Å². The quantitative estimate of drug-likeness (QED) is 0.133. The third-order valence-electron chi connectivity index (χ3n) is 8.06. The number of ketones is 2. The maximum absolute atomic E-state index is 12.9. The molecule has 0 radical (unpaired) electrons. The number of anilines is 4. The van der Waals surface area contributed by atoms with Crippen molar-refractivity contribution >= 4 is 45.9 Å². The number of hydrogen-bond donors (Lipinski definition) is 2. The molecule has 0 unspecified atom stereocenters. The summed E-state index contributed by atoms with van der Waals surface area (Å²) in [5.74, 6) is -0.498. The number of rotatable bonds is 10. The molecule has 2 aromatic heterocycles. The molecule has 0 saturated carbocycles. The molecule has 266 valence electrons. The van der Waals surface area contributed by atoms with Gasteiger partial charge in [0.1, 0.15) is 22.8 Å². The van der Waals surface area contributed by atoms with Crippen LogP contribution < -0.4 is 21.8 Å². The summed E-state index contributed by atoms with van der Waals surface area (Å²) in [6, 6.07) is 34.4. The number of Topliss-reactive ketones (excluding diaryl/α,β-unsaturated/α-hetero) is 2. The van der Waals surface area contributed by atoms with Crippen LogP contribution in [0.2, 0.25) is 5.02 Å². The molecule has 0 atom stereocenters. The molecule has 2 heterocycles. The van der Waals surface area contributed by atoms with Crippen LogP contribution in [-0.4, -0.2) is 31.1 Å². The second-order valence-corrected chi connectivity index (χ2v) is 12.2. The largest absolute Gasteiger partial charge is 0.350 e. The van der Waals surface area contributed by atoms with E-state index in [1.807, 2.05) is 74.5 Å². The first kappa shape index (κ1) is 37.6. The number of hydrogen-bond acceptors (Lipinski definition) is 9. The standard InChI is InChI=1S/C21H18N4O2.C20H18ClN3O2/c1-3-25-21(27)20(23-17-11-7-8-15(12-17)13-22)18(14(2)26)19(24-25)16-9-5-4-6-10-16;1-3-24-20(26)19(22-16-11-7-10-15(21)12-16)17(13(2)25)18(23-24)14-8-5-4-6-9-14/h4-12,23H,3H2,1-2H3;4-12,22H,3H2,1-2H3. The minimum Gasteiger partial charge on any atom is -0.350 e. The fourth-order valence-corrected chi connectivity index (χ4v) is 5.80. The molecule has 0 bridgehead atoms. The number of carbonyl (C=O) groups excluding carboxylic acids is 2. The third-order valence-corrected chi connectivity index (χ3v) is 8.30. The molecule has 6 aromatic rings. The predicted octanol–water partition coefficient (Wildman–Crippen LogP) is 8.28. The molecule has 53 heavy (non-hydrogen) atoms. The Bertz CT molecular complexity index is 2450. The Kier molecular flexibility index (Phi) is 12.1. The Morgan fingerprint density at radius 2 is 1.09 bits per heavy atom. The van der Waals surface area contributed by atoms with Gasteiger partial charge in [-0.05, 0) is 64.1 Å². The summed E-state index contributed by atoms with van der Waals surface area (Å²) in [5.41, 5.74) is 4.22. The summed E-state index contributed by atoms with van der Waals surface area (Å²) in [7, 11) is 0. The van der Waals surface area contributed by atoms with Gasteiger partial charge in [-0.3, -0.25) is 19.2 Å². The molecular formula is C41H36ClN7O4. The van der Waals surface area contributed by atoms with Crippen LogP contribution in [0.4, 0.5) is 22.7 Å². The average molecular weight is 726 g/mol. The van der Waals surface area contributed by atoms with Gasteiger partial charge >= 0.3 is 0 Å². The average Bonchev–Trinajstić information content (AvgIpc) is 3.17. The summed E-state index contributed by atoms with van der Waals surface area (Å²) in [6.07, 6.45) is 0. The monoisotopic (exact) mass is 725 g/mol. The lowest BCUT2D eigenvalue weighted by molar-refractivity contribution is 0.101. The molecule has 4 aromatic carbocycles. The number of benzene rings is 4. The van der Waals surface area contributed by atoms with E-state index < -0.39 is 0 Å². The van der Waals surface area contributed by atoms with E-state index in [9.17, 15) is 19.2 Å². The van der Waals surface area contributed by atoms with Gasteiger partial charge in [-0.15, -0.1) is 0 Å². The SMILES string of the molecule is CCn1nc(-c2ccccc2)c(C(C)=O)c(Nc2cccc(C#N)c2)c1=O.CCn1nc(-c2ccccc2)c(C(C)=O)c(Nc2cccc(Cl)c2)c1=O. The van der Waals surface area contributed by atoms with Gasteiger partial charge < -0.3 is 10.6 Å². The number of halogens is 1. The maximum atomic E-state index is 12.9. The summed E-state index contributed by atoms with van der Waals surface area (Å²) >= 11 is 6.04. The van der Waals surface area contributed by atoms with E-state index in [0.717, 1.165) is 11.1 Å². The van der Waals surface area contributed by atoms with Gasteiger partial charge in [-0.2, -0.15) is 15.5 Å². The van der Waals surface area contributed by atoms with Gasteiger partial charge in [0.05, 0.1) is 22.8 Å². The first-order chi connectivity index (χ1) is 25.6. The van der Waals surface area contributed by atoms with Crippen molar-refractivity contribution in [2.24, 2.45) is 0 Å². The zero-order valence-corrected chi connectivity index (χ0v) is 30.3. The Labute approximate surface area is 311 Å². The second kappa shape index (κ2) is 17.0. The zero-order chi connectivity index (χ0) is 38.1. The Hall–Kier alpha value is -6.64. The lowest BCUT2D eigenvalue weighted by Crippen LogP contribution is -2.28. The first-order valence-corrected chi connectivity index (χ1v) is 17.2. The lowest BCUT2D eigenvalue weighted by Gasteiger charge is -2.16. The van der Waals surface area contributed by atoms with E-state index in [2.05, 4.69) is 26.9 Å². The van der Waals surface area contributed by atoms with Gasteiger partial charge in [0.2, 0.25) is 0 Å². The van der Waals surface area contributed by atoms with E-state index in [0.29, 0.717) is 46.4 Å². The molecule has 0 spiro atoms. The number of nitrogens with one attached hydrogen (secondary N) is 2. The third kappa shape index (κ3) is 8.64. The number of nitrogens with zero attached hydrogens (tertiary/aromatic N) is 5. The van der Waals surface area contributed by atoms with Gasteiger partial charge in [0, 0.05) is 40.6 Å². The molecule has 0 fully saturated rings. The highest BCUT2D eigenvalue weighted by molar-refractivity contribution is 6.30. The predicted molar refractivity (Wildman–Crippen MR) is 208 cm³/mol. The van der Waals surface area contributed by atoms with Gasteiger partial charge in [0.15, 0.2) is 11.6 Å². The van der Waals surface area contributed by atoms with Crippen LogP contribution in [0, 0.1) is 11.3 Å². The van der Waals surface area contributed by atoms with Crippen molar-refractivity contribution in [3.63, 3.8) is 0 Å². The van der Waals surface area contributed by atoms with Gasteiger partial charge in [0.25, 0.3) is 11.1 Å². The summed E-state index contributed by atoms with van der Waals surface area (Å²) in [4.78, 5) is 50.6. The summed E-state index contributed by atoms with van der Waals surface area (Å²) < 4.78 is 2.67. The Morgan fingerprint density at radius 3 is 1.49 bits per heavy atom. The van der Waals surface area contributed by atoms with Gasteiger partial charge in [-0.1, -0.05) is 84.4 Å². The van der Waals surface area contributed by atoms with E-state index in [1.165, 1.54) is 23.2 Å². The van der Waals surface area contributed by atoms with Crippen molar-refractivity contribution in [2.75, 3.05) is 10.6 Å². The van der Waals surface area contributed by atoms with E-state index >= 15 is 0 Å². The number of aryl methyl sites for hydroxylation is 2. The first-order valence-electron chi connectivity index (χ1n) is 16.8. The number of nitriles is 1. The normalized spacial score (nSPS) is 10.4. The van der Waals surface area contributed by atoms with Crippen molar-refractivity contribution in [3.05, 3.63) is 152 Å². The van der Waals surface area contributed by atoms with Crippen molar-refractivity contribution in [1.82, 2.24) is 19.6 Å². The van der Waals surface area contributed by atoms with E-state index in [4.69, 9.17) is 16.9 Å². The summed E-state index contributed by atoms with van der Waals surface area (Å²) in [6.45, 7) is 7.25. The number of aromatic nitrogens is 4. The lowest BCUT2D eigenvalue weighted by atomic mass is 10.0. The van der Waals surface area contributed by atoms with Crippen LogP contribution in [0.1, 0.15) is 54.0 Å². The highest BCUT2D eigenvalue weighted by Crippen LogP contribution is 2.29.